The van der Waals surface area contributed by atoms with Crippen LogP contribution in [0.5, 0.6) is 0 Å². The third-order valence-electron chi connectivity index (χ3n) is 9.26. The van der Waals surface area contributed by atoms with E-state index >= 15 is 0 Å². The summed E-state index contributed by atoms with van der Waals surface area (Å²) in [5.74, 6) is -3.12. The number of esters is 4. The van der Waals surface area contributed by atoms with Crippen molar-refractivity contribution in [1.29, 1.82) is 0 Å². The van der Waals surface area contributed by atoms with Gasteiger partial charge in [0, 0.05) is 49.0 Å². The summed E-state index contributed by atoms with van der Waals surface area (Å²) in [5.41, 5.74) is -3.42. The molecule has 224 valence electrons. The fraction of sp³-hybridized carbons (Fsp3) is 0.733. The Bertz CT molecular complexity index is 1060. The lowest BCUT2D eigenvalue weighted by Gasteiger charge is -2.67. The van der Waals surface area contributed by atoms with Crippen molar-refractivity contribution in [1.82, 2.24) is 0 Å². The van der Waals surface area contributed by atoms with Crippen molar-refractivity contribution in [2.45, 2.75) is 117 Å². The molecule has 8 unspecified atom stereocenters. The van der Waals surface area contributed by atoms with Gasteiger partial charge in [-0.1, -0.05) is 39.8 Å². The van der Waals surface area contributed by atoms with Gasteiger partial charge in [0.25, 0.3) is 0 Å². The Morgan fingerprint density at radius 3 is 2.27 bits per heavy atom. The fourth-order valence-corrected chi connectivity index (χ4v) is 7.05. The maximum absolute atomic E-state index is 13.0. The van der Waals surface area contributed by atoms with Gasteiger partial charge in [0.05, 0.1) is 6.10 Å². The lowest BCUT2D eigenvalue weighted by molar-refractivity contribution is -0.312. The van der Waals surface area contributed by atoms with Gasteiger partial charge < -0.3 is 29.2 Å². The van der Waals surface area contributed by atoms with Gasteiger partial charge in [0.2, 0.25) is 0 Å². The average Bonchev–Trinajstić information content (AvgIpc) is 3.27. The average molecular weight is 565 g/mol. The van der Waals surface area contributed by atoms with E-state index in [4.69, 9.17) is 18.9 Å². The van der Waals surface area contributed by atoms with Crippen LogP contribution in [0.4, 0.5) is 0 Å². The molecule has 2 fully saturated rings. The number of ether oxygens (including phenoxy) is 4. The lowest BCUT2D eigenvalue weighted by atomic mass is 9.41. The number of carbonyl (C=O) groups excluding carboxylic acids is 4. The SMILES string of the molecule is C=C1CCC(O)C2C1(C)C(OC(C)=O)C(OC(=O)CCC)C(C)(O)C2(C)C(CC1=CC(=O)OC1)OC(=O)CCC. The highest BCUT2D eigenvalue weighted by Gasteiger charge is 2.75. The molecular weight excluding hydrogens is 520 g/mol. The first kappa shape index (κ1) is 31.8. The Morgan fingerprint density at radius 1 is 1.10 bits per heavy atom. The summed E-state index contributed by atoms with van der Waals surface area (Å²) in [6, 6.07) is 0. The minimum Gasteiger partial charge on any atom is -0.461 e. The number of fused-ring (bicyclic) bond motifs is 1. The molecule has 3 aliphatic rings. The predicted octanol–water partition coefficient (Wildman–Crippen LogP) is 3.32. The summed E-state index contributed by atoms with van der Waals surface area (Å²) in [5, 5.41) is 24.1. The number of aliphatic hydroxyl groups is 2. The number of hydrogen-bond donors (Lipinski definition) is 2. The molecule has 40 heavy (non-hydrogen) atoms. The van der Waals surface area contributed by atoms with Crippen LogP contribution in [0, 0.1) is 16.7 Å². The van der Waals surface area contributed by atoms with E-state index in [9.17, 15) is 29.4 Å². The topological polar surface area (TPSA) is 146 Å². The van der Waals surface area contributed by atoms with Crippen molar-refractivity contribution in [3.63, 3.8) is 0 Å². The van der Waals surface area contributed by atoms with E-state index in [1.165, 1.54) is 19.9 Å². The zero-order valence-corrected chi connectivity index (χ0v) is 24.5. The quantitative estimate of drug-likeness (QED) is 0.230. The monoisotopic (exact) mass is 564 g/mol. The van der Waals surface area contributed by atoms with Crippen molar-refractivity contribution in [3.05, 3.63) is 23.8 Å². The molecule has 10 nitrogen and oxygen atoms in total. The van der Waals surface area contributed by atoms with Gasteiger partial charge in [-0.2, -0.15) is 0 Å². The predicted molar refractivity (Wildman–Crippen MR) is 143 cm³/mol. The maximum Gasteiger partial charge on any atom is 0.331 e. The smallest absolute Gasteiger partial charge is 0.331 e. The number of rotatable bonds is 10. The molecule has 0 amide bonds. The molecule has 0 aromatic heterocycles. The third kappa shape index (κ3) is 5.57. The molecule has 0 spiro atoms. The molecule has 1 aliphatic heterocycles. The maximum atomic E-state index is 13.0. The van der Waals surface area contributed by atoms with Gasteiger partial charge in [-0.25, -0.2) is 4.79 Å². The first-order valence-corrected chi connectivity index (χ1v) is 14.2. The van der Waals surface area contributed by atoms with E-state index in [1.807, 2.05) is 13.8 Å². The van der Waals surface area contributed by atoms with E-state index in [2.05, 4.69) is 6.58 Å². The lowest BCUT2D eigenvalue weighted by Crippen LogP contribution is -2.78. The molecular formula is C30H44O10. The van der Waals surface area contributed by atoms with Crippen LogP contribution in [0.3, 0.4) is 0 Å². The molecule has 8 atom stereocenters. The summed E-state index contributed by atoms with van der Waals surface area (Å²) >= 11 is 0. The Labute approximate surface area is 236 Å². The third-order valence-corrected chi connectivity index (χ3v) is 9.26. The highest BCUT2D eigenvalue weighted by Crippen LogP contribution is 2.66. The zero-order valence-electron chi connectivity index (χ0n) is 24.5. The molecule has 0 saturated heterocycles. The van der Waals surface area contributed by atoms with Gasteiger partial charge in [0.1, 0.15) is 18.3 Å². The van der Waals surface area contributed by atoms with Gasteiger partial charge >= 0.3 is 23.9 Å². The van der Waals surface area contributed by atoms with Crippen LogP contribution in [0.25, 0.3) is 0 Å². The molecule has 2 N–H and O–H groups in total. The largest absolute Gasteiger partial charge is 0.461 e. The standard InChI is InChI=1S/C30H44O10/c1-8-10-22(33)39-21(14-19-15-24(35)37-16-19)29(6)25-20(32)13-12-17(3)28(25,5)26(38-18(4)31)27(30(29,7)36)40-23(34)11-9-2/h15,20-21,25-27,32,36H,3,8-14,16H2,1-2,4-7H3. The van der Waals surface area contributed by atoms with Crippen molar-refractivity contribution in [2.75, 3.05) is 6.61 Å². The Balaban J connectivity index is 2.29. The van der Waals surface area contributed by atoms with Crippen LogP contribution in [-0.4, -0.2) is 70.7 Å². The highest BCUT2D eigenvalue weighted by molar-refractivity contribution is 5.85. The molecule has 1 heterocycles. The van der Waals surface area contributed by atoms with Crippen LogP contribution in [0.1, 0.15) is 86.5 Å². The highest BCUT2D eigenvalue weighted by atomic mass is 16.6. The molecule has 2 saturated carbocycles. The van der Waals surface area contributed by atoms with Crippen LogP contribution in [-0.2, 0) is 38.1 Å². The summed E-state index contributed by atoms with van der Waals surface area (Å²) in [7, 11) is 0. The molecule has 0 aromatic carbocycles. The molecule has 2 aliphatic carbocycles. The molecule has 10 heteroatoms. The normalized spacial score (nSPS) is 36.1. The van der Waals surface area contributed by atoms with Crippen LogP contribution >= 0.6 is 0 Å². The second-order valence-corrected chi connectivity index (χ2v) is 11.9. The number of aliphatic hydroxyl groups excluding tert-OH is 1. The van der Waals surface area contributed by atoms with Gasteiger partial charge in [-0.3, -0.25) is 14.4 Å². The number of hydrogen-bond acceptors (Lipinski definition) is 10. The number of carbonyl (C=O) groups is 4. The van der Waals surface area contributed by atoms with Crippen LogP contribution in [0.2, 0.25) is 0 Å². The summed E-state index contributed by atoms with van der Waals surface area (Å²) in [4.78, 5) is 50.2. The summed E-state index contributed by atoms with van der Waals surface area (Å²) < 4.78 is 22.9. The zero-order chi connectivity index (χ0) is 30.0. The number of cyclic esters (lactones) is 1. The second-order valence-electron chi connectivity index (χ2n) is 11.9. The van der Waals surface area contributed by atoms with Crippen molar-refractivity contribution >= 4 is 23.9 Å². The van der Waals surface area contributed by atoms with E-state index in [1.54, 1.807) is 13.8 Å². The van der Waals surface area contributed by atoms with Gasteiger partial charge in [0.15, 0.2) is 12.2 Å². The minimum atomic E-state index is -1.99. The Hall–Kier alpha value is -2.72. The molecule has 0 bridgehead atoms. The van der Waals surface area contributed by atoms with Crippen LogP contribution < -0.4 is 0 Å². The van der Waals surface area contributed by atoms with Crippen LogP contribution in [0.15, 0.2) is 23.8 Å². The van der Waals surface area contributed by atoms with E-state index in [0.717, 1.165) is 0 Å². The summed E-state index contributed by atoms with van der Waals surface area (Å²) in [6.07, 6.45) is -1.35. The first-order valence-electron chi connectivity index (χ1n) is 14.2. The fourth-order valence-electron chi connectivity index (χ4n) is 7.05. The Kier molecular flexibility index (Phi) is 9.56. The second kappa shape index (κ2) is 12.0. The van der Waals surface area contributed by atoms with Crippen molar-refractivity contribution in [2.24, 2.45) is 16.7 Å². The van der Waals surface area contributed by atoms with E-state index in [0.29, 0.717) is 36.8 Å². The minimum absolute atomic E-state index is 0.00106. The van der Waals surface area contributed by atoms with E-state index < -0.39 is 70.6 Å². The van der Waals surface area contributed by atoms with Gasteiger partial charge in [-0.15, -0.1) is 0 Å². The molecule has 0 aromatic rings. The molecule has 3 rings (SSSR count). The van der Waals surface area contributed by atoms with Crippen molar-refractivity contribution in [3.8, 4) is 0 Å². The molecule has 0 radical (unpaired) electrons. The van der Waals surface area contributed by atoms with Gasteiger partial charge in [-0.05, 0) is 38.2 Å². The Morgan fingerprint density at radius 2 is 1.73 bits per heavy atom. The van der Waals surface area contributed by atoms with E-state index in [-0.39, 0.29) is 25.9 Å². The van der Waals surface area contributed by atoms with Crippen molar-refractivity contribution < 1.29 is 48.3 Å². The summed E-state index contributed by atoms with van der Waals surface area (Å²) in [6.45, 7) is 14.1. The first-order chi connectivity index (χ1) is 18.6.